The van der Waals surface area contributed by atoms with Crippen molar-refractivity contribution in [3.63, 3.8) is 0 Å². The quantitative estimate of drug-likeness (QED) is 0.883. The normalized spacial score (nSPS) is 11.3. The lowest BCUT2D eigenvalue weighted by Gasteiger charge is -2.22. The summed E-state index contributed by atoms with van der Waals surface area (Å²) in [7, 11) is -3.56. The molecule has 112 valence electrons. The third-order valence-electron chi connectivity index (χ3n) is 3.18. The molecule has 0 spiro atoms. The molecule has 1 aromatic heterocycles. The molecule has 6 heteroatoms. The van der Waals surface area contributed by atoms with E-state index in [1.165, 1.54) is 4.31 Å². The minimum Gasteiger partial charge on any atom is -0.330 e. The standard InChI is InChI=1S/C15H19N3O2S/c1-2-18(14-8-11-17-12-9-14)21(19,20)15-5-3-13(4-6-15)7-10-16/h3-6,8-9,11-12H,2,7,10,16H2,1H3. The van der Waals surface area contributed by atoms with Crippen LogP contribution < -0.4 is 10.0 Å². The van der Waals surface area contributed by atoms with E-state index in [9.17, 15) is 8.42 Å². The Kier molecular flexibility index (Phi) is 4.93. The Morgan fingerprint density at radius 3 is 2.24 bits per heavy atom. The molecule has 0 saturated heterocycles. The fraction of sp³-hybridized carbons (Fsp3) is 0.267. The van der Waals surface area contributed by atoms with E-state index in [1.54, 1.807) is 55.7 Å². The lowest BCUT2D eigenvalue weighted by Crippen LogP contribution is -2.30. The Morgan fingerprint density at radius 1 is 1.10 bits per heavy atom. The molecular formula is C15H19N3O2S. The second-order valence-electron chi connectivity index (χ2n) is 4.56. The van der Waals surface area contributed by atoms with E-state index >= 15 is 0 Å². The van der Waals surface area contributed by atoms with Gasteiger partial charge in [0.25, 0.3) is 10.0 Å². The smallest absolute Gasteiger partial charge is 0.264 e. The summed E-state index contributed by atoms with van der Waals surface area (Å²) in [5.41, 5.74) is 7.14. The molecule has 0 fully saturated rings. The summed E-state index contributed by atoms with van der Waals surface area (Å²) in [6.45, 7) is 2.71. The minimum atomic E-state index is -3.56. The Balaban J connectivity index is 2.35. The summed E-state index contributed by atoms with van der Waals surface area (Å²) in [5, 5.41) is 0. The fourth-order valence-corrected chi connectivity index (χ4v) is 3.60. The zero-order valence-corrected chi connectivity index (χ0v) is 12.8. The maximum absolute atomic E-state index is 12.7. The van der Waals surface area contributed by atoms with E-state index in [-0.39, 0.29) is 4.90 Å². The van der Waals surface area contributed by atoms with Crippen molar-refractivity contribution in [1.29, 1.82) is 0 Å². The van der Waals surface area contributed by atoms with Crippen molar-refractivity contribution in [1.82, 2.24) is 4.98 Å². The highest BCUT2D eigenvalue weighted by Crippen LogP contribution is 2.23. The molecule has 0 aliphatic carbocycles. The molecule has 0 saturated carbocycles. The van der Waals surface area contributed by atoms with Crippen LogP contribution in [0, 0.1) is 0 Å². The molecule has 0 aliphatic rings. The first-order valence-electron chi connectivity index (χ1n) is 6.81. The van der Waals surface area contributed by atoms with Crippen LogP contribution in [0.15, 0.2) is 53.7 Å². The van der Waals surface area contributed by atoms with Gasteiger partial charge in [0.2, 0.25) is 0 Å². The molecule has 1 aromatic carbocycles. The topological polar surface area (TPSA) is 76.3 Å². The van der Waals surface area contributed by atoms with Crippen LogP contribution in [0.5, 0.6) is 0 Å². The molecule has 0 bridgehead atoms. The van der Waals surface area contributed by atoms with Crippen LogP contribution >= 0.6 is 0 Å². The maximum atomic E-state index is 12.7. The summed E-state index contributed by atoms with van der Waals surface area (Å²) in [5.74, 6) is 0. The molecule has 5 nitrogen and oxygen atoms in total. The van der Waals surface area contributed by atoms with Gasteiger partial charge in [-0.1, -0.05) is 12.1 Å². The average molecular weight is 305 g/mol. The predicted octanol–water partition coefficient (Wildman–Crippen LogP) is 1.80. The molecule has 2 aromatic rings. The van der Waals surface area contributed by atoms with Crippen LogP contribution in [0.2, 0.25) is 0 Å². The van der Waals surface area contributed by atoms with Crippen LogP contribution in [-0.2, 0) is 16.4 Å². The largest absolute Gasteiger partial charge is 0.330 e. The molecule has 0 aliphatic heterocycles. The molecule has 0 atom stereocenters. The van der Waals surface area contributed by atoms with Crippen molar-refractivity contribution in [2.45, 2.75) is 18.2 Å². The summed E-state index contributed by atoms with van der Waals surface area (Å²) in [6.07, 6.45) is 3.90. The van der Waals surface area contributed by atoms with Crippen LogP contribution in [-0.4, -0.2) is 26.5 Å². The molecule has 0 radical (unpaired) electrons. The van der Waals surface area contributed by atoms with Gasteiger partial charge in [-0.25, -0.2) is 8.42 Å². The number of anilines is 1. The first kappa shape index (κ1) is 15.5. The van der Waals surface area contributed by atoms with Crippen molar-refractivity contribution in [3.8, 4) is 0 Å². The number of nitrogens with zero attached hydrogens (tertiary/aromatic N) is 2. The molecule has 1 heterocycles. The number of nitrogens with two attached hydrogens (primary N) is 1. The van der Waals surface area contributed by atoms with E-state index in [0.29, 0.717) is 18.8 Å². The van der Waals surface area contributed by atoms with Crippen molar-refractivity contribution >= 4 is 15.7 Å². The SMILES string of the molecule is CCN(c1ccncc1)S(=O)(=O)c1ccc(CCN)cc1. The van der Waals surface area contributed by atoms with Gasteiger partial charge in [0, 0.05) is 18.9 Å². The number of sulfonamides is 1. The number of rotatable bonds is 6. The number of benzene rings is 1. The highest BCUT2D eigenvalue weighted by atomic mass is 32.2. The summed E-state index contributed by atoms with van der Waals surface area (Å²) >= 11 is 0. The van der Waals surface area contributed by atoms with E-state index in [0.717, 1.165) is 12.0 Å². The number of aromatic nitrogens is 1. The molecule has 2 rings (SSSR count). The highest BCUT2D eigenvalue weighted by molar-refractivity contribution is 7.92. The van der Waals surface area contributed by atoms with Crippen molar-refractivity contribution < 1.29 is 8.42 Å². The maximum Gasteiger partial charge on any atom is 0.264 e. The predicted molar refractivity (Wildman–Crippen MR) is 83.6 cm³/mol. The molecular weight excluding hydrogens is 286 g/mol. The number of hydrogen-bond donors (Lipinski definition) is 1. The third kappa shape index (κ3) is 3.40. The molecule has 0 unspecified atom stereocenters. The minimum absolute atomic E-state index is 0.280. The third-order valence-corrected chi connectivity index (χ3v) is 5.10. The zero-order valence-electron chi connectivity index (χ0n) is 11.9. The van der Waals surface area contributed by atoms with Gasteiger partial charge in [0.15, 0.2) is 0 Å². The van der Waals surface area contributed by atoms with Crippen molar-refractivity contribution in [3.05, 3.63) is 54.4 Å². The zero-order chi connectivity index (χ0) is 15.3. The van der Waals surface area contributed by atoms with E-state index in [4.69, 9.17) is 5.73 Å². The first-order chi connectivity index (χ1) is 10.1. The van der Waals surface area contributed by atoms with Gasteiger partial charge < -0.3 is 5.73 Å². The van der Waals surface area contributed by atoms with Crippen molar-refractivity contribution in [2.75, 3.05) is 17.4 Å². The van der Waals surface area contributed by atoms with E-state index < -0.39 is 10.0 Å². The monoisotopic (exact) mass is 305 g/mol. The van der Waals surface area contributed by atoms with Gasteiger partial charge in [0.05, 0.1) is 10.6 Å². The summed E-state index contributed by atoms with van der Waals surface area (Å²) in [4.78, 5) is 4.20. The first-order valence-corrected chi connectivity index (χ1v) is 8.25. The highest BCUT2D eigenvalue weighted by Gasteiger charge is 2.23. The van der Waals surface area contributed by atoms with Gasteiger partial charge >= 0.3 is 0 Å². The lowest BCUT2D eigenvalue weighted by atomic mass is 10.2. The van der Waals surface area contributed by atoms with E-state index in [2.05, 4.69) is 4.98 Å². The van der Waals surface area contributed by atoms with Crippen LogP contribution in [0.1, 0.15) is 12.5 Å². The number of pyridine rings is 1. The van der Waals surface area contributed by atoms with Gasteiger partial charge in [-0.2, -0.15) is 0 Å². The van der Waals surface area contributed by atoms with Gasteiger partial charge in [-0.15, -0.1) is 0 Å². The fourth-order valence-electron chi connectivity index (χ4n) is 2.12. The second kappa shape index (κ2) is 6.69. The Labute approximate surface area is 125 Å². The van der Waals surface area contributed by atoms with E-state index in [1.807, 2.05) is 0 Å². The molecule has 21 heavy (non-hydrogen) atoms. The molecule has 2 N–H and O–H groups in total. The summed E-state index contributed by atoms with van der Waals surface area (Å²) < 4.78 is 26.8. The van der Waals surface area contributed by atoms with Gasteiger partial charge in [0.1, 0.15) is 0 Å². The van der Waals surface area contributed by atoms with Crippen LogP contribution in [0.25, 0.3) is 0 Å². The Bertz CT molecular complexity index is 670. The van der Waals surface area contributed by atoms with Gasteiger partial charge in [-0.05, 0) is 49.7 Å². The second-order valence-corrected chi connectivity index (χ2v) is 6.42. The van der Waals surface area contributed by atoms with Crippen LogP contribution in [0.4, 0.5) is 5.69 Å². The Morgan fingerprint density at radius 2 is 1.71 bits per heavy atom. The Hall–Kier alpha value is -1.92. The summed E-state index contributed by atoms with van der Waals surface area (Å²) in [6, 6.07) is 10.2. The van der Waals surface area contributed by atoms with Gasteiger partial charge in [-0.3, -0.25) is 9.29 Å². The van der Waals surface area contributed by atoms with Crippen LogP contribution in [0.3, 0.4) is 0 Å². The lowest BCUT2D eigenvalue weighted by molar-refractivity contribution is 0.592. The number of hydrogen-bond acceptors (Lipinski definition) is 4. The average Bonchev–Trinajstić information content (AvgIpc) is 2.50. The molecule has 0 amide bonds. The van der Waals surface area contributed by atoms with Crippen molar-refractivity contribution in [2.24, 2.45) is 5.73 Å².